The van der Waals surface area contributed by atoms with E-state index in [0.717, 1.165) is 6.42 Å². The van der Waals surface area contributed by atoms with Gasteiger partial charge in [0.2, 0.25) is 0 Å². The van der Waals surface area contributed by atoms with Crippen LogP contribution in [-0.2, 0) is 24.0 Å². The first-order valence-electron chi connectivity index (χ1n) is 10.1. The van der Waals surface area contributed by atoms with Crippen LogP contribution in [0.1, 0.15) is 37.0 Å². The van der Waals surface area contributed by atoms with Gasteiger partial charge < -0.3 is 19.9 Å². The van der Waals surface area contributed by atoms with E-state index < -0.39 is 5.60 Å². The van der Waals surface area contributed by atoms with Crippen LogP contribution < -0.4 is 10.1 Å². The van der Waals surface area contributed by atoms with Gasteiger partial charge in [0.25, 0.3) is 0 Å². The lowest BCUT2D eigenvalue weighted by Gasteiger charge is -2.24. The molecule has 10 nitrogen and oxygen atoms in total. The van der Waals surface area contributed by atoms with Gasteiger partial charge >= 0.3 is 5.97 Å². The molecule has 1 aromatic rings. The maximum Gasteiger partial charge on any atom is 0.307 e. The minimum Gasteiger partial charge on any atom is -0.490 e. The number of nitrogens with one attached hydrogen (secondary N) is 1. The summed E-state index contributed by atoms with van der Waals surface area (Å²) in [6.07, 6.45) is 0.963. The molecule has 0 aromatic heterocycles. The number of carbonyl (C=O) groups excluding carboxylic acids is 2. The number of ketones is 1. The standard InChI is InChI=1S/C21H35N2O8/c1-21(2,26)20(25)17-7-9-18(10-8-17)30-15-16-31-19(24)11-13-22-12-6-14-23(27-3,28-4)29-5/h7-10,22,26H,6,11-16H2,1-5H3/q+1. The van der Waals surface area contributed by atoms with Gasteiger partial charge in [0.05, 0.1) is 11.4 Å². The molecule has 0 fully saturated rings. The van der Waals surface area contributed by atoms with E-state index in [1.54, 1.807) is 24.3 Å². The minimum atomic E-state index is -1.42. The Kier molecular flexibility index (Phi) is 11.6. The average Bonchev–Trinajstić information content (AvgIpc) is 2.76. The molecule has 0 saturated heterocycles. The molecule has 31 heavy (non-hydrogen) atoms. The summed E-state index contributed by atoms with van der Waals surface area (Å²) in [7, 11) is 4.48. The van der Waals surface area contributed by atoms with Crippen LogP contribution in [0.15, 0.2) is 24.3 Å². The molecule has 0 bridgehead atoms. The number of rotatable bonds is 16. The first-order chi connectivity index (χ1) is 14.7. The molecule has 0 unspecified atom stereocenters. The third-order valence-electron chi connectivity index (χ3n) is 4.41. The van der Waals surface area contributed by atoms with Crippen LogP contribution in [0.2, 0.25) is 0 Å². The van der Waals surface area contributed by atoms with Gasteiger partial charge in [-0.2, -0.15) is 0 Å². The molecule has 0 aliphatic heterocycles. The number of hydrogen-bond donors (Lipinski definition) is 2. The normalized spacial score (nSPS) is 11.9. The van der Waals surface area contributed by atoms with Gasteiger partial charge in [-0.1, -0.05) is 0 Å². The van der Waals surface area contributed by atoms with E-state index in [2.05, 4.69) is 5.32 Å². The Morgan fingerprint density at radius 2 is 1.61 bits per heavy atom. The highest BCUT2D eigenvalue weighted by atomic mass is 17.2. The molecule has 0 aliphatic rings. The Labute approximate surface area is 183 Å². The minimum absolute atomic E-state index is 0.124. The predicted octanol–water partition coefficient (Wildman–Crippen LogP) is 1.43. The largest absolute Gasteiger partial charge is 0.490 e. The Morgan fingerprint density at radius 1 is 1.00 bits per heavy atom. The van der Waals surface area contributed by atoms with E-state index in [-0.39, 0.29) is 36.4 Å². The summed E-state index contributed by atoms with van der Waals surface area (Å²) >= 11 is 0. The summed E-state index contributed by atoms with van der Waals surface area (Å²) in [6, 6.07) is 6.44. The van der Waals surface area contributed by atoms with E-state index in [1.807, 2.05) is 0 Å². The van der Waals surface area contributed by atoms with Gasteiger partial charge in [-0.05, 0) is 38.1 Å². The highest BCUT2D eigenvalue weighted by molar-refractivity contribution is 6.01. The van der Waals surface area contributed by atoms with Crippen molar-refractivity contribution in [3.8, 4) is 5.75 Å². The van der Waals surface area contributed by atoms with Crippen molar-refractivity contribution in [2.45, 2.75) is 32.3 Å². The molecular formula is C21H35N2O8+. The quantitative estimate of drug-likeness (QED) is 0.129. The number of hydroxylamine groups is 3. The maximum atomic E-state index is 12.0. The molecule has 176 valence electrons. The maximum absolute atomic E-state index is 12.0. The number of ether oxygens (including phenoxy) is 2. The van der Waals surface area contributed by atoms with Crippen LogP contribution >= 0.6 is 0 Å². The number of aliphatic hydroxyl groups is 1. The highest BCUT2D eigenvalue weighted by Gasteiger charge is 2.29. The molecule has 0 heterocycles. The molecule has 0 radical (unpaired) electrons. The number of hydrogen-bond acceptors (Lipinski definition) is 9. The Hall–Kier alpha value is -2.08. The van der Waals surface area contributed by atoms with E-state index in [1.165, 1.54) is 35.2 Å². The van der Waals surface area contributed by atoms with Crippen molar-refractivity contribution in [3.63, 3.8) is 0 Å². The Morgan fingerprint density at radius 3 is 2.16 bits per heavy atom. The Balaban J connectivity index is 2.15. The fourth-order valence-corrected chi connectivity index (χ4v) is 2.65. The van der Waals surface area contributed by atoms with Crippen LogP contribution in [0.25, 0.3) is 0 Å². The topological polar surface area (TPSA) is 113 Å². The van der Waals surface area contributed by atoms with Crippen LogP contribution in [0.5, 0.6) is 5.75 Å². The molecule has 0 aliphatic carbocycles. The summed E-state index contributed by atoms with van der Waals surface area (Å²) in [5, 5.41) is 12.9. The van der Waals surface area contributed by atoms with Gasteiger partial charge in [0.1, 0.15) is 45.9 Å². The Bertz CT molecular complexity index is 661. The van der Waals surface area contributed by atoms with E-state index in [9.17, 15) is 14.7 Å². The fourth-order valence-electron chi connectivity index (χ4n) is 2.65. The van der Waals surface area contributed by atoms with Crippen molar-refractivity contribution in [2.24, 2.45) is 0 Å². The third kappa shape index (κ3) is 9.72. The second-order valence-electron chi connectivity index (χ2n) is 7.22. The van der Waals surface area contributed by atoms with Gasteiger partial charge in [0.15, 0.2) is 12.3 Å². The number of nitrogens with zero attached hydrogens (tertiary/aromatic N) is 1. The second-order valence-corrected chi connectivity index (χ2v) is 7.22. The molecule has 10 heteroatoms. The van der Waals surface area contributed by atoms with Gasteiger partial charge in [-0.3, -0.25) is 9.59 Å². The van der Waals surface area contributed by atoms with Crippen molar-refractivity contribution in [2.75, 3.05) is 54.2 Å². The summed E-state index contributed by atoms with van der Waals surface area (Å²) in [4.78, 5) is 38.8. The van der Waals surface area contributed by atoms with Crippen LogP contribution in [0.3, 0.4) is 0 Å². The zero-order valence-electron chi connectivity index (χ0n) is 19.0. The number of Topliss-reactive ketones (excluding diaryl/α,β-unsaturated/α-hetero) is 1. The first kappa shape index (κ1) is 27.0. The van der Waals surface area contributed by atoms with E-state index >= 15 is 0 Å². The van der Waals surface area contributed by atoms with Crippen molar-refractivity contribution in [1.29, 1.82) is 0 Å². The van der Waals surface area contributed by atoms with Gasteiger partial charge in [0, 0.05) is 25.1 Å². The molecule has 2 N–H and O–H groups in total. The lowest BCUT2D eigenvalue weighted by atomic mass is 9.97. The molecular weight excluding hydrogens is 408 g/mol. The van der Waals surface area contributed by atoms with Crippen molar-refractivity contribution >= 4 is 11.8 Å². The van der Waals surface area contributed by atoms with Gasteiger partial charge in [-0.15, -0.1) is 14.5 Å². The van der Waals surface area contributed by atoms with E-state index in [0.29, 0.717) is 30.9 Å². The SMILES string of the molecule is CO[N+](CCCNCCC(=O)OCCOc1ccc(C(=O)C(C)(C)O)cc1)(OC)OC. The highest BCUT2D eigenvalue weighted by Crippen LogP contribution is 2.17. The zero-order chi connectivity index (χ0) is 23.3. The monoisotopic (exact) mass is 443 g/mol. The van der Waals surface area contributed by atoms with Crippen molar-refractivity contribution in [3.05, 3.63) is 29.8 Å². The number of carbonyl (C=O) groups is 2. The molecule has 0 spiro atoms. The first-order valence-corrected chi connectivity index (χ1v) is 10.1. The molecule has 1 rings (SSSR count). The molecule has 0 atom stereocenters. The fraction of sp³-hybridized carbons (Fsp3) is 0.619. The van der Waals surface area contributed by atoms with Gasteiger partial charge in [-0.25, -0.2) is 0 Å². The molecule has 1 aromatic carbocycles. The van der Waals surface area contributed by atoms with Crippen LogP contribution in [0, 0.1) is 0 Å². The smallest absolute Gasteiger partial charge is 0.307 e. The summed E-state index contributed by atoms with van der Waals surface area (Å²) in [5.74, 6) is -0.142. The second kappa shape index (κ2) is 13.4. The average molecular weight is 444 g/mol. The summed E-state index contributed by atoms with van der Waals surface area (Å²) in [5.41, 5.74) is -1.03. The number of benzene rings is 1. The lowest BCUT2D eigenvalue weighted by molar-refractivity contribution is -1.36. The number of quaternary nitrogens is 1. The molecule has 0 saturated carbocycles. The lowest BCUT2D eigenvalue weighted by Crippen LogP contribution is -2.46. The van der Waals surface area contributed by atoms with Crippen molar-refractivity contribution in [1.82, 2.24) is 5.32 Å². The van der Waals surface area contributed by atoms with Crippen LogP contribution in [0.4, 0.5) is 0 Å². The van der Waals surface area contributed by atoms with Crippen LogP contribution in [-0.4, -0.2) is 81.6 Å². The van der Waals surface area contributed by atoms with Crippen molar-refractivity contribution < 1.29 is 43.7 Å². The zero-order valence-corrected chi connectivity index (χ0v) is 19.0. The predicted molar refractivity (Wildman–Crippen MR) is 112 cm³/mol. The molecule has 0 amide bonds. The summed E-state index contributed by atoms with van der Waals surface area (Å²) < 4.78 is 10.6. The number of esters is 1. The van der Waals surface area contributed by atoms with E-state index in [4.69, 9.17) is 24.0 Å². The summed E-state index contributed by atoms with van der Waals surface area (Å²) in [6.45, 7) is 4.85. The third-order valence-corrected chi connectivity index (χ3v) is 4.41.